The van der Waals surface area contributed by atoms with Crippen LogP contribution in [-0.4, -0.2) is 10.8 Å². The van der Waals surface area contributed by atoms with Crippen LogP contribution < -0.4 is 4.74 Å². The van der Waals surface area contributed by atoms with E-state index in [4.69, 9.17) is 16.3 Å². The molecule has 2 rings (SSSR count). The van der Waals surface area contributed by atoms with Crippen LogP contribution >= 0.6 is 11.6 Å². The zero-order valence-corrected chi connectivity index (χ0v) is 11.8. The van der Waals surface area contributed by atoms with Crippen LogP contribution in [0.1, 0.15) is 18.1 Å². The molecule has 0 radical (unpaired) electrons. The van der Waals surface area contributed by atoms with Crippen LogP contribution in [0.4, 0.5) is 10.1 Å². The van der Waals surface area contributed by atoms with Gasteiger partial charge in [0.15, 0.2) is 0 Å². The highest BCUT2D eigenvalue weighted by Gasteiger charge is 2.14. The third kappa shape index (κ3) is 4.16. The highest BCUT2D eigenvalue weighted by molar-refractivity contribution is 6.17. The molecule has 0 amide bonds. The lowest BCUT2D eigenvalue weighted by atomic mass is 10.1. The van der Waals surface area contributed by atoms with E-state index in [1.165, 1.54) is 36.4 Å². The Kier molecular flexibility index (Phi) is 5.11. The molecule has 0 saturated heterocycles. The third-order valence-corrected chi connectivity index (χ3v) is 3.16. The SMILES string of the molecule is O=[N+]([O-])c1ccc(OC(CCCl)c2ccc(F)cc2)cc1. The fraction of sp³-hybridized carbons (Fsp3) is 0.200. The molecule has 4 nitrogen and oxygen atoms in total. The largest absolute Gasteiger partial charge is 0.486 e. The molecule has 2 aromatic carbocycles. The minimum absolute atomic E-state index is 0.00183. The maximum absolute atomic E-state index is 13.0. The first-order chi connectivity index (χ1) is 10.1. The summed E-state index contributed by atoms with van der Waals surface area (Å²) in [5.74, 6) is 0.563. The monoisotopic (exact) mass is 309 g/mol. The van der Waals surface area contributed by atoms with Crippen molar-refractivity contribution in [2.75, 3.05) is 5.88 Å². The van der Waals surface area contributed by atoms with Crippen molar-refractivity contribution in [2.45, 2.75) is 12.5 Å². The van der Waals surface area contributed by atoms with Crippen LogP contribution in [-0.2, 0) is 0 Å². The van der Waals surface area contributed by atoms with Crippen LogP contribution in [0.3, 0.4) is 0 Å². The maximum Gasteiger partial charge on any atom is 0.269 e. The van der Waals surface area contributed by atoms with Gasteiger partial charge in [0.1, 0.15) is 17.7 Å². The van der Waals surface area contributed by atoms with Crippen molar-refractivity contribution in [2.24, 2.45) is 0 Å². The zero-order valence-electron chi connectivity index (χ0n) is 11.0. The van der Waals surface area contributed by atoms with Crippen LogP contribution in [0.5, 0.6) is 5.75 Å². The molecule has 0 bridgehead atoms. The molecule has 110 valence electrons. The van der Waals surface area contributed by atoms with Gasteiger partial charge < -0.3 is 4.74 Å². The van der Waals surface area contributed by atoms with Crippen LogP contribution in [0.25, 0.3) is 0 Å². The Morgan fingerprint density at radius 2 is 1.76 bits per heavy atom. The molecule has 21 heavy (non-hydrogen) atoms. The number of hydrogen-bond acceptors (Lipinski definition) is 3. The van der Waals surface area contributed by atoms with E-state index in [1.807, 2.05) is 0 Å². The summed E-state index contributed by atoms with van der Waals surface area (Å²) in [5, 5.41) is 10.6. The molecule has 2 aromatic rings. The van der Waals surface area contributed by atoms with Gasteiger partial charge in [-0.1, -0.05) is 12.1 Å². The Hall–Kier alpha value is -2.14. The Balaban J connectivity index is 2.15. The lowest BCUT2D eigenvalue weighted by Crippen LogP contribution is -2.08. The Morgan fingerprint density at radius 1 is 1.14 bits per heavy atom. The molecule has 1 unspecified atom stereocenters. The van der Waals surface area contributed by atoms with Crippen molar-refractivity contribution < 1.29 is 14.1 Å². The van der Waals surface area contributed by atoms with Gasteiger partial charge in [0.05, 0.1) is 4.92 Å². The Labute approximate surface area is 126 Å². The van der Waals surface area contributed by atoms with Crippen molar-refractivity contribution >= 4 is 17.3 Å². The minimum Gasteiger partial charge on any atom is -0.486 e. The van der Waals surface area contributed by atoms with Crippen molar-refractivity contribution in [3.05, 3.63) is 70.0 Å². The molecule has 0 heterocycles. The van der Waals surface area contributed by atoms with Crippen molar-refractivity contribution in [1.82, 2.24) is 0 Å². The number of nitro groups is 1. The number of ether oxygens (including phenoxy) is 1. The second-order valence-electron chi connectivity index (χ2n) is 4.39. The fourth-order valence-electron chi connectivity index (χ4n) is 1.88. The van der Waals surface area contributed by atoms with E-state index in [-0.39, 0.29) is 17.6 Å². The highest BCUT2D eigenvalue weighted by Crippen LogP contribution is 2.27. The van der Waals surface area contributed by atoms with E-state index in [0.29, 0.717) is 18.1 Å². The first-order valence-corrected chi connectivity index (χ1v) is 6.86. The van der Waals surface area contributed by atoms with Crippen LogP contribution in [0, 0.1) is 15.9 Å². The molecule has 0 aliphatic heterocycles. The number of halogens is 2. The van der Waals surface area contributed by atoms with E-state index in [1.54, 1.807) is 12.1 Å². The smallest absolute Gasteiger partial charge is 0.269 e. The highest BCUT2D eigenvalue weighted by atomic mass is 35.5. The number of nitrogens with zero attached hydrogens (tertiary/aromatic N) is 1. The van der Waals surface area contributed by atoms with Crippen molar-refractivity contribution in [3.63, 3.8) is 0 Å². The summed E-state index contributed by atoms with van der Waals surface area (Å²) < 4.78 is 18.7. The van der Waals surface area contributed by atoms with Gasteiger partial charge in [-0.25, -0.2) is 4.39 Å². The summed E-state index contributed by atoms with van der Waals surface area (Å²) in [6.07, 6.45) is 0.217. The topological polar surface area (TPSA) is 52.4 Å². The number of nitro benzene ring substituents is 1. The lowest BCUT2D eigenvalue weighted by molar-refractivity contribution is -0.384. The van der Waals surface area contributed by atoms with E-state index in [2.05, 4.69) is 0 Å². The van der Waals surface area contributed by atoms with Gasteiger partial charge in [0.25, 0.3) is 5.69 Å². The average molecular weight is 310 g/mol. The quantitative estimate of drug-likeness (QED) is 0.449. The number of hydrogen-bond donors (Lipinski definition) is 0. The number of rotatable bonds is 6. The molecule has 0 N–H and O–H groups in total. The summed E-state index contributed by atoms with van der Waals surface area (Å²) in [5.41, 5.74) is 0.799. The van der Waals surface area contributed by atoms with E-state index in [9.17, 15) is 14.5 Å². The van der Waals surface area contributed by atoms with Gasteiger partial charge in [-0.05, 0) is 29.8 Å². The number of alkyl halides is 1. The molecule has 1 atom stereocenters. The van der Waals surface area contributed by atoms with Gasteiger partial charge in [0, 0.05) is 24.4 Å². The van der Waals surface area contributed by atoms with Gasteiger partial charge >= 0.3 is 0 Å². The number of non-ortho nitro benzene ring substituents is 1. The molecular formula is C15H13ClFNO3. The molecule has 0 saturated carbocycles. The van der Waals surface area contributed by atoms with Gasteiger partial charge in [-0.2, -0.15) is 0 Å². The molecule has 0 aliphatic rings. The molecule has 0 aliphatic carbocycles. The van der Waals surface area contributed by atoms with E-state index in [0.717, 1.165) is 5.56 Å². The third-order valence-electron chi connectivity index (χ3n) is 2.94. The Bertz CT molecular complexity index is 601. The van der Waals surface area contributed by atoms with Crippen LogP contribution in [0.2, 0.25) is 0 Å². The molecule has 0 aromatic heterocycles. The summed E-state index contributed by atoms with van der Waals surface area (Å²) >= 11 is 5.77. The second-order valence-corrected chi connectivity index (χ2v) is 4.76. The summed E-state index contributed by atoms with van der Waals surface area (Å²) in [6.45, 7) is 0. The predicted molar refractivity (Wildman–Crippen MR) is 78.2 cm³/mol. The average Bonchev–Trinajstić information content (AvgIpc) is 2.48. The second kappa shape index (κ2) is 7.04. The molecule has 0 fully saturated rings. The first-order valence-electron chi connectivity index (χ1n) is 6.32. The van der Waals surface area contributed by atoms with Crippen molar-refractivity contribution in [1.29, 1.82) is 0 Å². The Morgan fingerprint density at radius 3 is 2.29 bits per heavy atom. The summed E-state index contributed by atoms with van der Waals surface area (Å²) in [7, 11) is 0. The molecular weight excluding hydrogens is 297 g/mol. The normalized spacial score (nSPS) is 11.9. The van der Waals surface area contributed by atoms with E-state index < -0.39 is 4.92 Å². The summed E-state index contributed by atoms with van der Waals surface area (Å²) in [4.78, 5) is 10.1. The molecule has 6 heteroatoms. The van der Waals surface area contributed by atoms with Gasteiger partial charge in [-0.15, -0.1) is 11.6 Å². The zero-order chi connectivity index (χ0) is 15.2. The van der Waals surface area contributed by atoms with Crippen LogP contribution in [0.15, 0.2) is 48.5 Å². The minimum atomic E-state index is -0.472. The lowest BCUT2D eigenvalue weighted by Gasteiger charge is -2.18. The van der Waals surface area contributed by atoms with Gasteiger partial charge in [0.2, 0.25) is 0 Å². The summed E-state index contributed by atoms with van der Waals surface area (Å²) in [6, 6.07) is 11.8. The maximum atomic E-state index is 13.0. The van der Waals surface area contributed by atoms with E-state index >= 15 is 0 Å². The fourth-order valence-corrected chi connectivity index (χ4v) is 2.08. The van der Waals surface area contributed by atoms with Gasteiger partial charge in [-0.3, -0.25) is 10.1 Å². The first kappa shape index (κ1) is 15.3. The molecule has 0 spiro atoms. The number of benzene rings is 2. The predicted octanol–water partition coefficient (Wildman–Crippen LogP) is 4.48. The van der Waals surface area contributed by atoms with Crippen molar-refractivity contribution in [3.8, 4) is 5.75 Å². The standard InChI is InChI=1S/C15H13ClFNO3/c16-10-9-15(11-1-3-12(17)4-2-11)21-14-7-5-13(6-8-14)18(19)20/h1-8,15H,9-10H2.